The van der Waals surface area contributed by atoms with E-state index in [9.17, 15) is 13.2 Å². The number of unbranched alkanes of at least 4 members (excludes halogenated alkanes) is 1. The van der Waals surface area contributed by atoms with Gasteiger partial charge in [0.1, 0.15) is 0 Å². The van der Waals surface area contributed by atoms with Crippen LogP contribution >= 0.6 is 0 Å². The Kier molecular flexibility index (Phi) is 4.39. The molecule has 1 rings (SSSR count). The number of halogens is 3. The SMILES string of the molecule is C#CCCCC(N)c1cc(F)c(F)c(F)c1. The molecule has 0 aliphatic heterocycles. The first-order chi connectivity index (χ1) is 7.56. The third kappa shape index (κ3) is 3.01. The summed E-state index contributed by atoms with van der Waals surface area (Å²) in [6.45, 7) is 0. The summed E-state index contributed by atoms with van der Waals surface area (Å²) in [6, 6.07) is 1.30. The lowest BCUT2D eigenvalue weighted by Gasteiger charge is -2.11. The summed E-state index contributed by atoms with van der Waals surface area (Å²) < 4.78 is 38.4. The lowest BCUT2D eigenvalue weighted by molar-refractivity contribution is 0.442. The zero-order valence-electron chi connectivity index (χ0n) is 8.64. The van der Waals surface area contributed by atoms with Gasteiger partial charge < -0.3 is 5.73 Å². The highest BCUT2D eigenvalue weighted by Crippen LogP contribution is 2.21. The van der Waals surface area contributed by atoms with E-state index in [2.05, 4.69) is 5.92 Å². The van der Waals surface area contributed by atoms with E-state index in [0.29, 0.717) is 19.3 Å². The van der Waals surface area contributed by atoms with Crippen molar-refractivity contribution in [2.75, 3.05) is 0 Å². The molecule has 4 heteroatoms. The molecule has 0 radical (unpaired) electrons. The Hall–Kier alpha value is -1.47. The summed E-state index contributed by atoms with van der Waals surface area (Å²) in [6.07, 6.45) is 6.79. The average molecular weight is 227 g/mol. The summed E-state index contributed by atoms with van der Waals surface area (Å²) in [5, 5.41) is 0. The van der Waals surface area contributed by atoms with Gasteiger partial charge in [-0.3, -0.25) is 0 Å². The number of rotatable bonds is 4. The Labute approximate surface area is 92.5 Å². The number of benzene rings is 1. The quantitative estimate of drug-likeness (QED) is 0.477. The van der Waals surface area contributed by atoms with Gasteiger partial charge in [-0.25, -0.2) is 13.2 Å². The molecule has 0 fully saturated rings. The van der Waals surface area contributed by atoms with Crippen LogP contribution in [0.2, 0.25) is 0 Å². The molecule has 0 saturated heterocycles. The highest BCUT2D eigenvalue weighted by molar-refractivity contribution is 5.22. The van der Waals surface area contributed by atoms with Crippen LogP contribution in [0.15, 0.2) is 12.1 Å². The van der Waals surface area contributed by atoms with E-state index in [4.69, 9.17) is 12.2 Å². The van der Waals surface area contributed by atoms with Crippen molar-refractivity contribution in [2.24, 2.45) is 5.73 Å². The highest BCUT2D eigenvalue weighted by atomic mass is 19.2. The van der Waals surface area contributed by atoms with Crippen LogP contribution in [0.5, 0.6) is 0 Å². The van der Waals surface area contributed by atoms with E-state index in [0.717, 1.165) is 12.1 Å². The van der Waals surface area contributed by atoms with E-state index in [-0.39, 0.29) is 5.56 Å². The molecule has 0 heterocycles. The molecule has 0 bridgehead atoms. The molecule has 2 N–H and O–H groups in total. The van der Waals surface area contributed by atoms with Crippen molar-refractivity contribution in [3.63, 3.8) is 0 Å². The first-order valence-corrected chi connectivity index (χ1v) is 4.89. The second-order valence-electron chi connectivity index (χ2n) is 3.50. The molecule has 1 aromatic rings. The van der Waals surface area contributed by atoms with Gasteiger partial charge in [0.2, 0.25) is 0 Å². The Morgan fingerprint density at radius 1 is 1.25 bits per heavy atom. The maximum atomic E-state index is 12.9. The predicted octanol–water partition coefficient (Wildman–Crippen LogP) is 2.91. The van der Waals surface area contributed by atoms with Gasteiger partial charge in [-0.05, 0) is 30.5 Å². The Bertz CT molecular complexity index is 386. The summed E-state index contributed by atoms with van der Waals surface area (Å²) in [4.78, 5) is 0. The fraction of sp³-hybridized carbons (Fsp3) is 0.333. The van der Waals surface area contributed by atoms with E-state index in [1.54, 1.807) is 0 Å². The smallest absolute Gasteiger partial charge is 0.194 e. The first-order valence-electron chi connectivity index (χ1n) is 4.89. The van der Waals surface area contributed by atoms with Crippen molar-refractivity contribution in [3.05, 3.63) is 35.1 Å². The largest absolute Gasteiger partial charge is 0.324 e. The van der Waals surface area contributed by atoms with Crippen molar-refractivity contribution >= 4 is 0 Å². The van der Waals surface area contributed by atoms with Crippen LogP contribution in [0.4, 0.5) is 13.2 Å². The van der Waals surface area contributed by atoms with Gasteiger partial charge in [-0.1, -0.05) is 0 Å². The van der Waals surface area contributed by atoms with E-state index in [1.807, 2.05) is 0 Å². The van der Waals surface area contributed by atoms with Gasteiger partial charge >= 0.3 is 0 Å². The number of hydrogen-bond donors (Lipinski definition) is 1. The maximum absolute atomic E-state index is 12.9. The van der Waals surface area contributed by atoms with Crippen LogP contribution in [0.25, 0.3) is 0 Å². The standard InChI is InChI=1S/C12H12F3N/c1-2-3-4-5-11(16)8-6-9(13)12(15)10(14)7-8/h1,6-7,11H,3-5,16H2. The molecule has 16 heavy (non-hydrogen) atoms. The molecular weight excluding hydrogens is 215 g/mol. The fourth-order valence-electron chi connectivity index (χ4n) is 1.38. The number of terminal acetylenes is 1. The van der Waals surface area contributed by atoms with Gasteiger partial charge in [0.25, 0.3) is 0 Å². The van der Waals surface area contributed by atoms with Gasteiger partial charge in [-0.15, -0.1) is 12.3 Å². The Morgan fingerprint density at radius 2 is 1.81 bits per heavy atom. The molecule has 1 atom stereocenters. The maximum Gasteiger partial charge on any atom is 0.194 e. The minimum atomic E-state index is -1.47. The van der Waals surface area contributed by atoms with Crippen LogP contribution < -0.4 is 5.73 Å². The van der Waals surface area contributed by atoms with E-state index >= 15 is 0 Å². The Balaban J connectivity index is 2.77. The summed E-state index contributed by atoms with van der Waals surface area (Å²) in [7, 11) is 0. The number of nitrogens with two attached hydrogens (primary N) is 1. The molecule has 1 unspecified atom stereocenters. The summed E-state index contributed by atoms with van der Waals surface area (Å²) >= 11 is 0. The van der Waals surface area contributed by atoms with Crippen molar-refractivity contribution < 1.29 is 13.2 Å². The second-order valence-corrected chi connectivity index (χ2v) is 3.50. The lowest BCUT2D eigenvalue weighted by Crippen LogP contribution is -2.11. The van der Waals surface area contributed by atoms with Crippen LogP contribution in [0, 0.1) is 29.8 Å². The highest BCUT2D eigenvalue weighted by Gasteiger charge is 2.14. The van der Waals surface area contributed by atoms with Crippen molar-refractivity contribution in [1.29, 1.82) is 0 Å². The monoisotopic (exact) mass is 227 g/mol. The van der Waals surface area contributed by atoms with E-state index in [1.165, 1.54) is 0 Å². The van der Waals surface area contributed by atoms with Gasteiger partial charge in [0.05, 0.1) is 0 Å². The zero-order chi connectivity index (χ0) is 12.1. The molecule has 86 valence electrons. The van der Waals surface area contributed by atoms with Crippen molar-refractivity contribution in [3.8, 4) is 12.3 Å². The second kappa shape index (κ2) is 5.57. The van der Waals surface area contributed by atoms with Crippen LogP contribution in [-0.2, 0) is 0 Å². The molecule has 0 spiro atoms. The number of hydrogen-bond acceptors (Lipinski definition) is 1. The molecule has 1 nitrogen and oxygen atoms in total. The molecule has 0 amide bonds. The van der Waals surface area contributed by atoms with Crippen LogP contribution in [0.1, 0.15) is 30.9 Å². The lowest BCUT2D eigenvalue weighted by atomic mass is 10.0. The molecule has 0 aliphatic carbocycles. The van der Waals surface area contributed by atoms with Gasteiger partial charge in [0.15, 0.2) is 17.5 Å². The summed E-state index contributed by atoms with van der Waals surface area (Å²) in [5.41, 5.74) is 5.94. The topological polar surface area (TPSA) is 26.0 Å². The molecular formula is C12H12F3N. The molecule has 0 aromatic heterocycles. The molecule has 0 aliphatic rings. The van der Waals surface area contributed by atoms with Crippen LogP contribution in [0.3, 0.4) is 0 Å². The minimum absolute atomic E-state index is 0.244. The first kappa shape index (κ1) is 12.6. The van der Waals surface area contributed by atoms with Crippen LogP contribution in [-0.4, -0.2) is 0 Å². The third-order valence-corrected chi connectivity index (χ3v) is 2.27. The minimum Gasteiger partial charge on any atom is -0.324 e. The van der Waals surface area contributed by atoms with Gasteiger partial charge in [-0.2, -0.15) is 0 Å². The average Bonchev–Trinajstić information content (AvgIpc) is 2.25. The van der Waals surface area contributed by atoms with Crippen molar-refractivity contribution in [1.82, 2.24) is 0 Å². The normalized spacial score (nSPS) is 12.2. The fourth-order valence-corrected chi connectivity index (χ4v) is 1.38. The van der Waals surface area contributed by atoms with Crippen molar-refractivity contribution in [2.45, 2.75) is 25.3 Å². The summed E-state index contributed by atoms with van der Waals surface area (Å²) in [5.74, 6) is -1.47. The molecule has 1 aromatic carbocycles. The zero-order valence-corrected chi connectivity index (χ0v) is 8.64. The van der Waals surface area contributed by atoms with Gasteiger partial charge in [0, 0.05) is 12.5 Å². The Morgan fingerprint density at radius 3 is 2.31 bits per heavy atom. The predicted molar refractivity (Wildman–Crippen MR) is 55.9 cm³/mol. The molecule has 0 saturated carbocycles. The van der Waals surface area contributed by atoms with E-state index < -0.39 is 23.5 Å². The third-order valence-electron chi connectivity index (χ3n) is 2.27.